The van der Waals surface area contributed by atoms with Gasteiger partial charge in [0.05, 0.1) is 12.1 Å². The van der Waals surface area contributed by atoms with Crippen LogP contribution in [-0.4, -0.2) is 17.1 Å². The Bertz CT molecular complexity index is 669. The highest BCUT2D eigenvalue weighted by molar-refractivity contribution is 5.94. The Morgan fingerprint density at radius 3 is 2.86 bits per heavy atom. The zero-order valence-corrected chi connectivity index (χ0v) is 11.6. The van der Waals surface area contributed by atoms with Gasteiger partial charge in [0.2, 0.25) is 0 Å². The standard InChI is InChI=1S/C17H18N2O2/c18-10-11-4-3-6-13(8-11)17(21)19-16-14-7-2-1-5-12(14)9-15(16)20/h1-8,15-16,20H,9-10,18H2,(H,19,21)/t15-,16+/m1/s1. The summed E-state index contributed by atoms with van der Waals surface area (Å²) >= 11 is 0. The molecule has 0 unspecified atom stereocenters. The molecule has 1 aliphatic carbocycles. The minimum absolute atomic E-state index is 0.189. The number of hydrogen-bond donors (Lipinski definition) is 3. The monoisotopic (exact) mass is 282 g/mol. The average molecular weight is 282 g/mol. The van der Waals surface area contributed by atoms with Crippen LogP contribution in [0.1, 0.15) is 33.1 Å². The van der Waals surface area contributed by atoms with E-state index in [1.807, 2.05) is 36.4 Å². The van der Waals surface area contributed by atoms with E-state index in [4.69, 9.17) is 5.73 Å². The zero-order valence-electron chi connectivity index (χ0n) is 11.6. The molecule has 0 aromatic heterocycles. The van der Waals surface area contributed by atoms with Crippen LogP contribution in [0.25, 0.3) is 0 Å². The van der Waals surface area contributed by atoms with Gasteiger partial charge in [-0.2, -0.15) is 0 Å². The maximum Gasteiger partial charge on any atom is 0.251 e. The molecule has 0 aliphatic heterocycles. The van der Waals surface area contributed by atoms with Gasteiger partial charge in [-0.05, 0) is 28.8 Å². The number of amides is 1. The molecule has 0 heterocycles. The van der Waals surface area contributed by atoms with E-state index >= 15 is 0 Å². The second-order valence-electron chi connectivity index (χ2n) is 5.33. The highest BCUT2D eigenvalue weighted by Crippen LogP contribution is 2.31. The summed E-state index contributed by atoms with van der Waals surface area (Å²) in [5, 5.41) is 13.1. The number of carbonyl (C=O) groups excluding carboxylic acids is 1. The van der Waals surface area contributed by atoms with Crippen molar-refractivity contribution in [3.05, 3.63) is 70.8 Å². The maximum absolute atomic E-state index is 12.4. The molecule has 4 nitrogen and oxygen atoms in total. The number of nitrogens with one attached hydrogen (secondary N) is 1. The van der Waals surface area contributed by atoms with E-state index in [9.17, 15) is 9.90 Å². The summed E-state index contributed by atoms with van der Waals surface area (Å²) in [6.07, 6.45) is -0.00622. The SMILES string of the molecule is NCc1cccc(C(=O)N[C@H]2c3ccccc3C[C@H]2O)c1. The summed E-state index contributed by atoms with van der Waals surface area (Å²) < 4.78 is 0. The van der Waals surface area contributed by atoms with Crippen LogP contribution in [0.2, 0.25) is 0 Å². The van der Waals surface area contributed by atoms with Gasteiger partial charge in [-0.3, -0.25) is 4.79 Å². The van der Waals surface area contributed by atoms with Crippen LogP contribution >= 0.6 is 0 Å². The summed E-state index contributed by atoms with van der Waals surface area (Å²) in [6.45, 7) is 0.399. The first-order valence-electron chi connectivity index (χ1n) is 7.05. The second-order valence-corrected chi connectivity index (χ2v) is 5.33. The highest BCUT2D eigenvalue weighted by atomic mass is 16.3. The number of fused-ring (bicyclic) bond motifs is 1. The third kappa shape index (κ3) is 2.68. The molecule has 0 bridgehead atoms. The number of carbonyl (C=O) groups is 1. The Kier molecular flexibility index (Phi) is 3.73. The van der Waals surface area contributed by atoms with Crippen LogP contribution in [0.4, 0.5) is 0 Å². The van der Waals surface area contributed by atoms with Gasteiger partial charge in [-0.1, -0.05) is 36.4 Å². The summed E-state index contributed by atoms with van der Waals surface area (Å²) in [7, 11) is 0. The van der Waals surface area contributed by atoms with Crippen LogP contribution in [0.3, 0.4) is 0 Å². The quantitative estimate of drug-likeness (QED) is 0.799. The lowest BCUT2D eigenvalue weighted by Gasteiger charge is -2.18. The third-order valence-electron chi connectivity index (χ3n) is 3.92. The summed E-state index contributed by atoms with van der Waals surface area (Å²) in [6, 6.07) is 14.7. The first-order valence-corrected chi connectivity index (χ1v) is 7.05. The van der Waals surface area contributed by atoms with Crippen molar-refractivity contribution in [1.29, 1.82) is 0 Å². The fraction of sp³-hybridized carbons (Fsp3) is 0.235. The Morgan fingerprint density at radius 2 is 2.05 bits per heavy atom. The number of hydrogen-bond acceptors (Lipinski definition) is 3. The number of aliphatic hydroxyl groups excluding tert-OH is 1. The topological polar surface area (TPSA) is 75.4 Å². The fourth-order valence-corrected chi connectivity index (χ4v) is 2.81. The molecule has 0 saturated carbocycles. The Hall–Kier alpha value is -2.17. The van der Waals surface area contributed by atoms with E-state index in [1.54, 1.807) is 12.1 Å². The van der Waals surface area contributed by atoms with Crippen molar-refractivity contribution in [2.75, 3.05) is 0 Å². The highest BCUT2D eigenvalue weighted by Gasteiger charge is 2.31. The molecule has 108 valence electrons. The van der Waals surface area contributed by atoms with Crippen molar-refractivity contribution in [3.63, 3.8) is 0 Å². The van der Waals surface area contributed by atoms with Crippen molar-refractivity contribution < 1.29 is 9.90 Å². The van der Waals surface area contributed by atoms with Gasteiger partial charge in [-0.15, -0.1) is 0 Å². The lowest BCUT2D eigenvalue weighted by Crippen LogP contribution is -2.33. The van der Waals surface area contributed by atoms with E-state index in [1.165, 1.54) is 0 Å². The molecule has 4 heteroatoms. The normalized spacial score (nSPS) is 20.1. The molecule has 4 N–H and O–H groups in total. The number of nitrogens with two attached hydrogens (primary N) is 1. The fourth-order valence-electron chi connectivity index (χ4n) is 2.81. The van der Waals surface area contributed by atoms with Gasteiger partial charge < -0.3 is 16.2 Å². The van der Waals surface area contributed by atoms with E-state index in [2.05, 4.69) is 5.32 Å². The van der Waals surface area contributed by atoms with E-state index in [0.29, 0.717) is 18.5 Å². The maximum atomic E-state index is 12.4. The minimum Gasteiger partial charge on any atom is -0.390 e. The van der Waals surface area contributed by atoms with Gasteiger partial charge in [0.1, 0.15) is 0 Å². The van der Waals surface area contributed by atoms with Crippen LogP contribution in [0.15, 0.2) is 48.5 Å². The zero-order chi connectivity index (χ0) is 14.8. The molecule has 0 saturated heterocycles. The third-order valence-corrected chi connectivity index (χ3v) is 3.92. The van der Waals surface area contributed by atoms with Gasteiger partial charge in [0.15, 0.2) is 0 Å². The van der Waals surface area contributed by atoms with Crippen molar-refractivity contribution in [2.45, 2.75) is 25.1 Å². The summed E-state index contributed by atoms with van der Waals surface area (Å²) in [5.74, 6) is -0.189. The van der Waals surface area contributed by atoms with Crippen molar-refractivity contribution >= 4 is 5.91 Å². The van der Waals surface area contributed by atoms with Crippen molar-refractivity contribution in [1.82, 2.24) is 5.32 Å². The van der Waals surface area contributed by atoms with Crippen molar-refractivity contribution in [3.8, 4) is 0 Å². The molecular formula is C17H18N2O2. The molecule has 1 amide bonds. The molecule has 1 aliphatic rings. The van der Waals surface area contributed by atoms with Crippen LogP contribution in [0.5, 0.6) is 0 Å². The molecule has 2 atom stereocenters. The van der Waals surface area contributed by atoms with Crippen LogP contribution in [0, 0.1) is 0 Å². The molecule has 3 rings (SSSR count). The lowest BCUT2D eigenvalue weighted by atomic mass is 10.1. The molecule has 2 aromatic rings. The smallest absolute Gasteiger partial charge is 0.251 e. The van der Waals surface area contributed by atoms with Crippen LogP contribution < -0.4 is 11.1 Å². The predicted octanol–water partition coefficient (Wildman–Crippen LogP) is 1.53. The largest absolute Gasteiger partial charge is 0.390 e. The molecular weight excluding hydrogens is 264 g/mol. The van der Waals surface area contributed by atoms with E-state index in [-0.39, 0.29) is 11.9 Å². The first kappa shape index (κ1) is 13.8. The summed E-state index contributed by atoms with van der Waals surface area (Å²) in [4.78, 5) is 12.4. The molecule has 0 fully saturated rings. The lowest BCUT2D eigenvalue weighted by molar-refractivity contribution is 0.0858. The van der Waals surface area contributed by atoms with Gasteiger partial charge >= 0.3 is 0 Å². The van der Waals surface area contributed by atoms with E-state index < -0.39 is 6.10 Å². The van der Waals surface area contributed by atoms with Gasteiger partial charge in [0, 0.05) is 18.5 Å². The van der Waals surface area contributed by atoms with Crippen molar-refractivity contribution in [2.24, 2.45) is 5.73 Å². The van der Waals surface area contributed by atoms with Gasteiger partial charge in [0.25, 0.3) is 5.91 Å². The molecule has 0 spiro atoms. The van der Waals surface area contributed by atoms with E-state index in [0.717, 1.165) is 16.7 Å². The Labute approximate surface area is 123 Å². The van der Waals surface area contributed by atoms with Gasteiger partial charge in [-0.25, -0.2) is 0 Å². The Balaban J connectivity index is 1.81. The summed E-state index contributed by atoms with van der Waals surface area (Å²) in [5.41, 5.74) is 9.16. The number of aliphatic hydroxyl groups is 1. The average Bonchev–Trinajstić information content (AvgIpc) is 2.83. The molecule has 2 aromatic carbocycles. The molecule has 21 heavy (non-hydrogen) atoms. The molecule has 0 radical (unpaired) electrons. The first-order chi connectivity index (χ1) is 10.2. The predicted molar refractivity (Wildman–Crippen MR) is 80.7 cm³/mol. The van der Waals surface area contributed by atoms with Crippen LogP contribution in [-0.2, 0) is 13.0 Å². The minimum atomic E-state index is -0.580. The Morgan fingerprint density at radius 1 is 1.24 bits per heavy atom. The number of benzene rings is 2. The number of rotatable bonds is 3. The second kappa shape index (κ2) is 5.68.